The summed E-state index contributed by atoms with van der Waals surface area (Å²) in [7, 11) is 0. The Kier molecular flexibility index (Phi) is 5.63. The second-order valence-corrected chi connectivity index (χ2v) is 8.80. The number of aryl methyl sites for hydroxylation is 1. The van der Waals surface area contributed by atoms with Crippen molar-refractivity contribution in [2.75, 3.05) is 0 Å². The minimum absolute atomic E-state index is 0.175. The van der Waals surface area contributed by atoms with Crippen LogP contribution in [0.4, 0.5) is 0 Å². The van der Waals surface area contributed by atoms with Gasteiger partial charge in [-0.05, 0) is 52.8 Å². The first-order valence-electron chi connectivity index (χ1n) is 10.5. The summed E-state index contributed by atoms with van der Waals surface area (Å²) < 4.78 is 11.4. The highest BCUT2D eigenvalue weighted by molar-refractivity contribution is 7.10. The number of carbonyl (C=O) groups is 2. The van der Waals surface area contributed by atoms with E-state index in [4.69, 9.17) is 9.47 Å². The zero-order valence-electron chi connectivity index (χ0n) is 17.9. The molecule has 162 valence electrons. The number of hydrogen-bond donors (Lipinski definition) is 0. The van der Waals surface area contributed by atoms with E-state index in [0.717, 1.165) is 21.6 Å². The van der Waals surface area contributed by atoms with Crippen LogP contribution >= 0.6 is 11.3 Å². The molecule has 0 bridgehead atoms. The van der Waals surface area contributed by atoms with E-state index in [2.05, 4.69) is 12.1 Å². The molecule has 1 aromatic heterocycles. The van der Waals surface area contributed by atoms with E-state index in [-0.39, 0.29) is 23.9 Å². The van der Waals surface area contributed by atoms with Crippen molar-refractivity contribution in [3.63, 3.8) is 0 Å². The average Bonchev–Trinajstić information content (AvgIpc) is 3.43. The number of rotatable bonds is 5. The summed E-state index contributed by atoms with van der Waals surface area (Å²) in [5, 5.41) is 1.92. The maximum atomic E-state index is 13.0. The van der Waals surface area contributed by atoms with Crippen LogP contribution in [0.3, 0.4) is 0 Å². The third-order valence-corrected chi connectivity index (χ3v) is 6.27. The monoisotopic (exact) mass is 452 g/mol. The average molecular weight is 453 g/mol. The lowest BCUT2D eigenvalue weighted by atomic mass is 10.0. The van der Waals surface area contributed by atoms with Crippen LogP contribution in [0.15, 0.2) is 90.0 Å². The molecular formula is C28H20O4S. The summed E-state index contributed by atoms with van der Waals surface area (Å²) in [6.07, 6.45) is 1.94. The van der Waals surface area contributed by atoms with Gasteiger partial charge in [0.2, 0.25) is 5.78 Å². The molecule has 0 saturated heterocycles. The molecular weight excluding hydrogens is 432 g/mol. The first-order chi connectivity index (χ1) is 16.1. The lowest BCUT2D eigenvalue weighted by Gasteiger charge is -2.07. The Morgan fingerprint density at radius 2 is 1.73 bits per heavy atom. The normalized spacial score (nSPS) is 13.6. The number of carbonyl (C=O) groups excluding carboxylic acids is 2. The number of allylic oxidation sites excluding steroid dienone is 1. The SMILES string of the molecule is Cc1cc(OC(=O)Cc2cccs2)cc2c1C(=O)/C(=C/c1ccc(-c3ccccc3)cc1)O2. The van der Waals surface area contributed by atoms with Crippen LogP contribution in [0, 0.1) is 6.92 Å². The molecule has 33 heavy (non-hydrogen) atoms. The van der Waals surface area contributed by atoms with Crippen molar-refractivity contribution in [2.45, 2.75) is 13.3 Å². The van der Waals surface area contributed by atoms with Gasteiger partial charge in [0, 0.05) is 10.9 Å². The number of Topliss-reactive ketones (excluding diaryl/α,β-unsaturated/α-hetero) is 1. The Morgan fingerprint density at radius 3 is 2.45 bits per heavy atom. The van der Waals surface area contributed by atoms with Gasteiger partial charge in [0.15, 0.2) is 5.76 Å². The number of benzene rings is 3. The van der Waals surface area contributed by atoms with Gasteiger partial charge in [0.05, 0.1) is 12.0 Å². The summed E-state index contributed by atoms with van der Waals surface area (Å²) in [6.45, 7) is 1.81. The van der Waals surface area contributed by atoms with Crippen molar-refractivity contribution in [1.29, 1.82) is 0 Å². The van der Waals surface area contributed by atoms with E-state index in [0.29, 0.717) is 22.6 Å². The highest BCUT2D eigenvalue weighted by Gasteiger charge is 2.30. The van der Waals surface area contributed by atoms with E-state index in [1.807, 2.05) is 66.9 Å². The first-order valence-corrected chi connectivity index (χ1v) is 11.4. The van der Waals surface area contributed by atoms with Gasteiger partial charge in [-0.2, -0.15) is 0 Å². The van der Waals surface area contributed by atoms with Crippen molar-refractivity contribution < 1.29 is 19.1 Å². The van der Waals surface area contributed by atoms with Gasteiger partial charge in [-0.15, -0.1) is 11.3 Å². The van der Waals surface area contributed by atoms with Gasteiger partial charge in [0.1, 0.15) is 11.5 Å². The fraction of sp³-hybridized carbons (Fsp3) is 0.0714. The summed E-state index contributed by atoms with van der Waals surface area (Å²) in [5.41, 5.74) is 4.31. The largest absolute Gasteiger partial charge is 0.452 e. The van der Waals surface area contributed by atoms with Gasteiger partial charge >= 0.3 is 5.97 Å². The highest BCUT2D eigenvalue weighted by Crippen LogP contribution is 2.37. The molecule has 0 amide bonds. The van der Waals surface area contributed by atoms with E-state index in [9.17, 15) is 9.59 Å². The van der Waals surface area contributed by atoms with Crippen LogP contribution < -0.4 is 9.47 Å². The molecule has 5 rings (SSSR count). The summed E-state index contributed by atoms with van der Waals surface area (Å²) >= 11 is 1.51. The van der Waals surface area contributed by atoms with Gasteiger partial charge < -0.3 is 9.47 Å². The van der Waals surface area contributed by atoms with Crippen LogP contribution in [0.5, 0.6) is 11.5 Å². The third-order valence-electron chi connectivity index (χ3n) is 5.39. The first kappa shape index (κ1) is 20.9. The van der Waals surface area contributed by atoms with E-state index in [1.54, 1.807) is 18.2 Å². The van der Waals surface area contributed by atoms with Crippen molar-refractivity contribution in [3.05, 3.63) is 112 Å². The predicted octanol–water partition coefficient (Wildman–Crippen LogP) is 6.49. The Bertz CT molecular complexity index is 1350. The fourth-order valence-corrected chi connectivity index (χ4v) is 4.50. The van der Waals surface area contributed by atoms with Gasteiger partial charge in [-0.25, -0.2) is 0 Å². The molecule has 0 unspecified atom stereocenters. The molecule has 0 atom stereocenters. The second-order valence-electron chi connectivity index (χ2n) is 7.77. The van der Waals surface area contributed by atoms with Crippen molar-refractivity contribution in [1.82, 2.24) is 0 Å². The van der Waals surface area contributed by atoms with Crippen molar-refractivity contribution in [2.24, 2.45) is 0 Å². The predicted molar refractivity (Wildman–Crippen MR) is 130 cm³/mol. The van der Waals surface area contributed by atoms with Gasteiger partial charge in [-0.3, -0.25) is 9.59 Å². The lowest BCUT2D eigenvalue weighted by molar-refractivity contribution is -0.133. The molecule has 4 aromatic rings. The molecule has 0 aliphatic carbocycles. The van der Waals surface area contributed by atoms with E-state index >= 15 is 0 Å². The third kappa shape index (κ3) is 4.49. The molecule has 3 aromatic carbocycles. The molecule has 2 heterocycles. The standard InChI is InChI=1S/C28H20O4S/c1-18-14-22(31-26(29)17-23-8-5-13-33-23)16-24-27(18)28(30)25(32-24)15-19-9-11-21(12-10-19)20-6-3-2-4-7-20/h2-16H,17H2,1H3/b25-15-. The zero-order valence-corrected chi connectivity index (χ0v) is 18.7. The summed E-state index contributed by atoms with van der Waals surface area (Å²) in [4.78, 5) is 26.2. The topological polar surface area (TPSA) is 52.6 Å². The Morgan fingerprint density at radius 1 is 0.970 bits per heavy atom. The molecule has 1 aliphatic heterocycles. The zero-order chi connectivity index (χ0) is 22.8. The van der Waals surface area contributed by atoms with Crippen molar-refractivity contribution in [3.8, 4) is 22.6 Å². The van der Waals surface area contributed by atoms with Gasteiger partial charge in [0.25, 0.3) is 0 Å². The minimum Gasteiger partial charge on any atom is -0.452 e. The van der Waals surface area contributed by atoms with Crippen LogP contribution in [0.2, 0.25) is 0 Å². The fourth-order valence-electron chi connectivity index (χ4n) is 3.81. The maximum absolute atomic E-state index is 13.0. The molecule has 1 aliphatic rings. The van der Waals surface area contributed by atoms with E-state index in [1.165, 1.54) is 11.3 Å². The quantitative estimate of drug-likeness (QED) is 0.197. The van der Waals surface area contributed by atoms with Crippen molar-refractivity contribution >= 4 is 29.2 Å². The van der Waals surface area contributed by atoms with Gasteiger partial charge in [-0.1, -0.05) is 60.7 Å². The lowest BCUT2D eigenvalue weighted by Crippen LogP contribution is -2.10. The van der Waals surface area contributed by atoms with E-state index < -0.39 is 0 Å². The van der Waals surface area contributed by atoms with Crippen LogP contribution in [0.25, 0.3) is 17.2 Å². The van der Waals surface area contributed by atoms with Crippen LogP contribution in [0.1, 0.15) is 26.4 Å². The number of esters is 1. The smallest absolute Gasteiger partial charge is 0.316 e. The molecule has 0 spiro atoms. The molecule has 0 fully saturated rings. The second kappa shape index (κ2) is 8.88. The number of thiophene rings is 1. The molecule has 0 radical (unpaired) electrons. The number of ether oxygens (including phenoxy) is 2. The minimum atomic E-state index is -0.351. The number of ketones is 1. The maximum Gasteiger partial charge on any atom is 0.316 e. The molecule has 4 nitrogen and oxygen atoms in total. The molecule has 0 N–H and O–H groups in total. The summed E-state index contributed by atoms with van der Waals surface area (Å²) in [5.74, 6) is 0.504. The summed E-state index contributed by atoms with van der Waals surface area (Å²) in [6, 6.07) is 25.2. The van der Waals surface area contributed by atoms with Crippen LogP contribution in [-0.2, 0) is 11.2 Å². The van der Waals surface area contributed by atoms with Crippen LogP contribution in [-0.4, -0.2) is 11.8 Å². The number of fused-ring (bicyclic) bond motifs is 1. The Balaban J connectivity index is 1.34. The molecule has 0 saturated carbocycles. The molecule has 5 heteroatoms. The Labute approximate surface area is 195 Å². The Hall–Kier alpha value is -3.96. The highest BCUT2D eigenvalue weighted by atomic mass is 32.1. The number of hydrogen-bond acceptors (Lipinski definition) is 5.